The van der Waals surface area contributed by atoms with Crippen LogP contribution in [0.3, 0.4) is 0 Å². The van der Waals surface area contributed by atoms with E-state index in [0.717, 1.165) is 0 Å². The topological polar surface area (TPSA) is 66.5 Å². The summed E-state index contributed by atoms with van der Waals surface area (Å²) in [6, 6.07) is -0.650. The summed E-state index contributed by atoms with van der Waals surface area (Å²) in [4.78, 5) is 26.0. The molecule has 1 fully saturated rings. The molecular formula is C12H22N2O3S. The maximum atomic E-state index is 12.4. The third kappa shape index (κ3) is 2.91. The molecule has 2 amide bonds. The molecule has 1 heterocycles. The Morgan fingerprint density at radius 3 is 2.44 bits per heavy atom. The van der Waals surface area contributed by atoms with Gasteiger partial charge in [0.15, 0.2) is 0 Å². The fourth-order valence-electron chi connectivity index (χ4n) is 2.34. The van der Waals surface area contributed by atoms with Crippen molar-refractivity contribution in [3.63, 3.8) is 0 Å². The molecule has 1 rings (SSSR count). The summed E-state index contributed by atoms with van der Waals surface area (Å²) >= 11 is 0. The lowest BCUT2D eigenvalue weighted by Crippen LogP contribution is -2.70. The molecule has 5 nitrogen and oxygen atoms in total. The van der Waals surface area contributed by atoms with Crippen molar-refractivity contribution in [3.8, 4) is 0 Å². The Morgan fingerprint density at radius 1 is 1.44 bits per heavy atom. The maximum absolute atomic E-state index is 12.4. The Hall–Kier alpha value is -0.910. The first-order valence-electron chi connectivity index (χ1n) is 6.15. The molecule has 1 aliphatic heterocycles. The molecule has 0 saturated carbocycles. The number of nitrogens with zero attached hydrogens (tertiary/aromatic N) is 1. The van der Waals surface area contributed by atoms with E-state index < -0.39 is 22.4 Å². The lowest BCUT2D eigenvalue weighted by molar-refractivity contribution is -0.155. The van der Waals surface area contributed by atoms with E-state index >= 15 is 0 Å². The van der Waals surface area contributed by atoms with Crippen LogP contribution in [-0.2, 0) is 20.4 Å². The van der Waals surface area contributed by atoms with Gasteiger partial charge in [0.1, 0.15) is 11.6 Å². The minimum Gasteiger partial charge on any atom is -0.340 e. The molecular weight excluding hydrogens is 252 g/mol. The van der Waals surface area contributed by atoms with Gasteiger partial charge in [0.05, 0.1) is 0 Å². The molecule has 18 heavy (non-hydrogen) atoms. The van der Waals surface area contributed by atoms with Crippen LogP contribution in [0.4, 0.5) is 0 Å². The highest BCUT2D eigenvalue weighted by atomic mass is 32.2. The van der Waals surface area contributed by atoms with Gasteiger partial charge in [-0.3, -0.25) is 13.8 Å². The quantitative estimate of drug-likeness (QED) is 0.800. The summed E-state index contributed by atoms with van der Waals surface area (Å²) in [5.41, 5.74) is -0.883. The second-order valence-electron chi connectivity index (χ2n) is 5.34. The van der Waals surface area contributed by atoms with Crippen molar-refractivity contribution in [2.45, 2.75) is 51.7 Å². The van der Waals surface area contributed by atoms with Crippen molar-refractivity contribution in [3.05, 3.63) is 0 Å². The van der Waals surface area contributed by atoms with Gasteiger partial charge in [-0.2, -0.15) is 0 Å². The van der Waals surface area contributed by atoms with Crippen molar-refractivity contribution in [1.82, 2.24) is 10.2 Å². The minimum absolute atomic E-state index is 0.105. The van der Waals surface area contributed by atoms with Crippen LogP contribution >= 0.6 is 0 Å². The Bertz CT molecular complexity index is 382. The molecule has 3 unspecified atom stereocenters. The molecule has 3 atom stereocenters. The number of piperazine rings is 1. The Kier molecular flexibility index (Phi) is 4.53. The van der Waals surface area contributed by atoms with E-state index in [9.17, 15) is 13.8 Å². The van der Waals surface area contributed by atoms with E-state index in [4.69, 9.17) is 0 Å². The Labute approximate surface area is 111 Å². The summed E-state index contributed by atoms with van der Waals surface area (Å²) in [6.45, 7) is 7.11. The molecule has 0 aromatic rings. The van der Waals surface area contributed by atoms with Gasteiger partial charge in [0.2, 0.25) is 11.8 Å². The Balaban J connectivity index is 3.04. The zero-order valence-electron chi connectivity index (χ0n) is 11.6. The molecule has 104 valence electrons. The zero-order chi connectivity index (χ0) is 14.1. The van der Waals surface area contributed by atoms with Gasteiger partial charge in [-0.15, -0.1) is 0 Å². The van der Waals surface area contributed by atoms with Crippen molar-refractivity contribution >= 4 is 22.6 Å². The number of hydrogen-bond acceptors (Lipinski definition) is 3. The first-order valence-corrected chi connectivity index (χ1v) is 7.88. The molecule has 6 heteroatoms. The van der Waals surface area contributed by atoms with Gasteiger partial charge >= 0.3 is 0 Å². The largest absolute Gasteiger partial charge is 0.340 e. The smallest absolute Gasteiger partial charge is 0.248 e. The van der Waals surface area contributed by atoms with Crippen LogP contribution in [0.25, 0.3) is 0 Å². The summed E-state index contributed by atoms with van der Waals surface area (Å²) in [6.07, 6.45) is 2.17. The van der Waals surface area contributed by atoms with Crippen LogP contribution in [0.1, 0.15) is 34.1 Å². The predicted molar refractivity (Wildman–Crippen MR) is 71.5 cm³/mol. The van der Waals surface area contributed by atoms with E-state index in [1.54, 1.807) is 25.0 Å². The van der Waals surface area contributed by atoms with Gasteiger partial charge in [0, 0.05) is 28.9 Å². The number of nitrogens with one attached hydrogen (secondary N) is 1. The first-order chi connectivity index (χ1) is 8.20. The van der Waals surface area contributed by atoms with Crippen molar-refractivity contribution in [2.24, 2.45) is 0 Å². The fraction of sp³-hybridized carbons (Fsp3) is 0.833. The monoisotopic (exact) mass is 274 g/mol. The van der Waals surface area contributed by atoms with Crippen LogP contribution in [-0.4, -0.2) is 50.6 Å². The highest BCUT2D eigenvalue weighted by Crippen LogP contribution is 2.22. The highest BCUT2D eigenvalue weighted by molar-refractivity contribution is 7.84. The number of rotatable bonds is 4. The summed E-state index contributed by atoms with van der Waals surface area (Å²) < 4.78 is 11.3. The van der Waals surface area contributed by atoms with E-state index in [2.05, 4.69) is 5.32 Å². The molecule has 0 aromatic carbocycles. The van der Waals surface area contributed by atoms with Crippen LogP contribution in [0.2, 0.25) is 0 Å². The van der Waals surface area contributed by atoms with Gasteiger partial charge in [-0.25, -0.2) is 0 Å². The average Bonchev–Trinajstić information content (AvgIpc) is 2.20. The van der Waals surface area contributed by atoms with Crippen molar-refractivity contribution < 1.29 is 13.8 Å². The van der Waals surface area contributed by atoms with E-state index in [1.165, 1.54) is 0 Å². The molecule has 0 aliphatic carbocycles. The van der Waals surface area contributed by atoms with Gasteiger partial charge < -0.3 is 10.2 Å². The second-order valence-corrected chi connectivity index (χ2v) is 6.82. The Morgan fingerprint density at radius 2 is 2.00 bits per heavy atom. The van der Waals surface area contributed by atoms with Crippen LogP contribution in [0.5, 0.6) is 0 Å². The lowest BCUT2D eigenvalue weighted by Gasteiger charge is -2.45. The third-order valence-electron chi connectivity index (χ3n) is 3.18. The van der Waals surface area contributed by atoms with E-state index in [1.807, 2.05) is 13.8 Å². The molecule has 0 bridgehead atoms. The van der Waals surface area contributed by atoms with Gasteiger partial charge in [0.25, 0.3) is 0 Å². The second kappa shape index (κ2) is 5.38. The molecule has 1 N–H and O–H groups in total. The zero-order valence-corrected chi connectivity index (χ0v) is 12.5. The minimum atomic E-state index is -0.991. The first kappa shape index (κ1) is 15.1. The molecule has 0 spiro atoms. The van der Waals surface area contributed by atoms with Crippen molar-refractivity contribution in [2.75, 3.05) is 12.0 Å². The SMILES string of the molecule is CCC1C(=O)NC(C)(C)C(=O)N1C(C)CS(C)=O. The molecule has 1 aliphatic rings. The fourth-order valence-corrected chi connectivity index (χ4v) is 3.18. The normalized spacial score (nSPS) is 26.7. The van der Waals surface area contributed by atoms with Gasteiger partial charge in [-0.05, 0) is 27.2 Å². The summed E-state index contributed by atoms with van der Waals surface area (Å²) in [5.74, 6) is 0.161. The third-order valence-corrected chi connectivity index (χ3v) is 4.13. The molecule has 0 aromatic heterocycles. The molecule has 0 radical (unpaired) electrons. The van der Waals surface area contributed by atoms with E-state index in [0.29, 0.717) is 12.2 Å². The van der Waals surface area contributed by atoms with Crippen LogP contribution in [0, 0.1) is 0 Å². The van der Waals surface area contributed by atoms with Gasteiger partial charge in [-0.1, -0.05) is 6.92 Å². The predicted octanol–water partition coefficient (Wildman–Crippen LogP) is 0.269. The van der Waals surface area contributed by atoms with Crippen molar-refractivity contribution in [1.29, 1.82) is 0 Å². The number of amides is 2. The summed E-state index contributed by atoms with van der Waals surface area (Å²) in [5, 5.41) is 2.74. The maximum Gasteiger partial charge on any atom is 0.248 e. The highest BCUT2D eigenvalue weighted by Gasteiger charge is 2.46. The average molecular weight is 274 g/mol. The number of carbonyl (C=O) groups is 2. The van der Waals surface area contributed by atoms with Crippen LogP contribution in [0.15, 0.2) is 0 Å². The molecule has 1 saturated heterocycles. The standard InChI is InChI=1S/C12H22N2O3S/c1-6-9-10(15)13-12(3,4)11(16)14(9)8(2)7-18(5)17/h8-9H,6-7H2,1-5H3,(H,13,15). The number of carbonyl (C=O) groups excluding carboxylic acids is 2. The lowest BCUT2D eigenvalue weighted by atomic mass is 9.94. The van der Waals surface area contributed by atoms with Crippen LogP contribution < -0.4 is 5.32 Å². The van der Waals surface area contributed by atoms with E-state index in [-0.39, 0.29) is 17.9 Å². The number of hydrogen-bond donors (Lipinski definition) is 1. The summed E-state index contributed by atoms with van der Waals surface area (Å²) in [7, 11) is -0.991.